The molecule has 0 fully saturated rings. The van der Waals surface area contributed by atoms with E-state index in [9.17, 15) is 0 Å². The Bertz CT molecular complexity index is 93.1. The fourth-order valence-electron chi connectivity index (χ4n) is 0.637. The van der Waals surface area contributed by atoms with Crippen molar-refractivity contribution in [2.24, 2.45) is 5.92 Å². The molecular formula is C7H14OSi. The molecule has 0 rings (SSSR count). The average Bonchev–Trinajstić information content (AvgIpc) is 1.90. The molecule has 2 heteroatoms. The van der Waals surface area contributed by atoms with E-state index in [1.807, 2.05) is 19.1 Å². The van der Waals surface area contributed by atoms with Crippen LogP contribution >= 0.6 is 0 Å². The Morgan fingerprint density at radius 2 is 1.89 bits per heavy atom. The SMILES string of the molecule is C=CC(C=C)C(C)O[SiH3]. The van der Waals surface area contributed by atoms with Gasteiger partial charge in [-0.15, -0.1) is 13.2 Å². The smallest absolute Gasteiger partial charge is 0.146 e. The lowest BCUT2D eigenvalue weighted by Crippen LogP contribution is -2.15. The largest absolute Gasteiger partial charge is 0.424 e. The Balaban J connectivity index is 3.77. The van der Waals surface area contributed by atoms with Gasteiger partial charge >= 0.3 is 0 Å². The molecule has 1 nitrogen and oxygen atoms in total. The van der Waals surface area contributed by atoms with Crippen molar-refractivity contribution in [1.82, 2.24) is 0 Å². The van der Waals surface area contributed by atoms with Crippen LogP contribution in [-0.4, -0.2) is 16.6 Å². The number of hydrogen-bond acceptors (Lipinski definition) is 1. The molecule has 1 unspecified atom stereocenters. The lowest BCUT2D eigenvalue weighted by Gasteiger charge is -2.14. The number of hydrogen-bond donors (Lipinski definition) is 0. The molecule has 0 aliphatic carbocycles. The van der Waals surface area contributed by atoms with Crippen molar-refractivity contribution in [2.75, 3.05) is 0 Å². The van der Waals surface area contributed by atoms with E-state index in [-0.39, 0.29) is 6.10 Å². The Labute approximate surface area is 60.0 Å². The first-order valence-corrected chi connectivity index (χ1v) is 3.85. The monoisotopic (exact) mass is 142 g/mol. The van der Waals surface area contributed by atoms with E-state index in [0.29, 0.717) is 5.92 Å². The lowest BCUT2D eigenvalue weighted by atomic mass is 10.1. The summed E-state index contributed by atoms with van der Waals surface area (Å²) in [7, 11) is 0.784. The predicted octanol–water partition coefficient (Wildman–Crippen LogP) is 0.660. The highest BCUT2D eigenvalue weighted by Crippen LogP contribution is 2.07. The van der Waals surface area contributed by atoms with Crippen molar-refractivity contribution in [3.63, 3.8) is 0 Å². The average molecular weight is 142 g/mol. The van der Waals surface area contributed by atoms with Gasteiger partial charge in [0.2, 0.25) is 0 Å². The van der Waals surface area contributed by atoms with Gasteiger partial charge in [0.15, 0.2) is 0 Å². The first-order chi connectivity index (χ1) is 4.26. The minimum atomic E-state index is 0.256. The molecule has 0 saturated carbocycles. The van der Waals surface area contributed by atoms with Gasteiger partial charge in [-0.2, -0.15) is 0 Å². The maximum Gasteiger partial charge on any atom is 0.146 e. The first kappa shape index (κ1) is 8.66. The van der Waals surface area contributed by atoms with E-state index in [1.165, 1.54) is 0 Å². The topological polar surface area (TPSA) is 9.23 Å². The van der Waals surface area contributed by atoms with Crippen LogP contribution in [0.25, 0.3) is 0 Å². The van der Waals surface area contributed by atoms with Gasteiger partial charge in [-0.25, -0.2) is 0 Å². The highest BCUT2D eigenvalue weighted by molar-refractivity contribution is 5.98. The zero-order chi connectivity index (χ0) is 7.28. The summed E-state index contributed by atoms with van der Waals surface area (Å²) in [5, 5.41) is 0. The van der Waals surface area contributed by atoms with E-state index < -0.39 is 0 Å². The molecule has 0 N–H and O–H groups in total. The molecule has 0 aliphatic rings. The predicted molar refractivity (Wildman–Crippen MR) is 44.4 cm³/mol. The standard InChI is InChI=1S/C7H14OSi/c1-4-7(5-2)6(3)8-9/h4-7H,1-2H2,3,9H3. The van der Waals surface area contributed by atoms with E-state index in [1.54, 1.807) is 0 Å². The summed E-state index contributed by atoms with van der Waals surface area (Å²) in [5.74, 6) is 0.308. The van der Waals surface area contributed by atoms with Crippen LogP contribution in [0.1, 0.15) is 6.92 Å². The van der Waals surface area contributed by atoms with Crippen LogP contribution in [0.2, 0.25) is 0 Å². The summed E-state index contributed by atoms with van der Waals surface area (Å²) in [4.78, 5) is 0. The fourth-order valence-corrected chi connectivity index (χ4v) is 0.951. The molecule has 0 amide bonds. The van der Waals surface area contributed by atoms with Crippen LogP contribution in [0.5, 0.6) is 0 Å². The van der Waals surface area contributed by atoms with Crippen molar-refractivity contribution in [1.29, 1.82) is 0 Å². The van der Waals surface area contributed by atoms with Crippen LogP contribution in [0, 0.1) is 5.92 Å². The highest BCUT2D eigenvalue weighted by atomic mass is 28.2. The van der Waals surface area contributed by atoms with Crippen molar-refractivity contribution in [3.8, 4) is 0 Å². The molecule has 9 heavy (non-hydrogen) atoms. The van der Waals surface area contributed by atoms with Crippen LogP contribution < -0.4 is 0 Å². The lowest BCUT2D eigenvalue weighted by molar-refractivity contribution is 0.215. The van der Waals surface area contributed by atoms with Gasteiger partial charge in [0.1, 0.15) is 10.5 Å². The van der Waals surface area contributed by atoms with Gasteiger partial charge in [0.25, 0.3) is 0 Å². The van der Waals surface area contributed by atoms with Gasteiger partial charge in [0, 0.05) is 5.92 Å². The van der Waals surface area contributed by atoms with E-state index in [0.717, 1.165) is 10.5 Å². The number of rotatable bonds is 4. The normalized spacial score (nSPS) is 13.6. The van der Waals surface area contributed by atoms with E-state index >= 15 is 0 Å². The van der Waals surface area contributed by atoms with Crippen LogP contribution in [-0.2, 0) is 4.43 Å². The maximum atomic E-state index is 5.19. The highest BCUT2D eigenvalue weighted by Gasteiger charge is 2.06. The molecule has 0 aromatic rings. The third kappa shape index (κ3) is 2.63. The fraction of sp³-hybridized carbons (Fsp3) is 0.429. The molecule has 0 aromatic carbocycles. The molecule has 52 valence electrons. The van der Waals surface area contributed by atoms with Gasteiger partial charge < -0.3 is 4.43 Å². The van der Waals surface area contributed by atoms with E-state index in [2.05, 4.69) is 13.2 Å². The molecule has 1 atom stereocenters. The van der Waals surface area contributed by atoms with Crippen molar-refractivity contribution >= 4 is 10.5 Å². The van der Waals surface area contributed by atoms with Gasteiger partial charge in [0.05, 0.1) is 6.10 Å². The molecule has 0 bridgehead atoms. The summed E-state index contributed by atoms with van der Waals surface area (Å²) >= 11 is 0. The molecule has 0 heterocycles. The summed E-state index contributed by atoms with van der Waals surface area (Å²) in [5.41, 5.74) is 0. The van der Waals surface area contributed by atoms with Crippen molar-refractivity contribution in [3.05, 3.63) is 25.3 Å². The molecule has 0 aromatic heterocycles. The summed E-state index contributed by atoms with van der Waals surface area (Å²) in [6.45, 7) is 9.36. The molecular weight excluding hydrogens is 128 g/mol. The van der Waals surface area contributed by atoms with Crippen molar-refractivity contribution in [2.45, 2.75) is 13.0 Å². The molecule has 0 spiro atoms. The second-order valence-electron chi connectivity index (χ2n) is 1.99. The van der Waals surface area contributed by atoms with Crippen LogP contribution in [0.15, 0.2) is 25.3 Å². The van der Waals surface area contributed by atoms with E-state index in [4.69, 9.17) is 4.43 Å². The quantitative estimate of drug-likeness (QED) is 0.414. The van der Waals surface area contributed by atoms with Crippen LogP contribution in [0.3, 0.4) is 0 Å². The molecule has 0 aliphatic heterocycles. The van der Waals surface area contributed by atoms with Gasteiger partial charge in [-0.1, -0.05) is 12.2 Å². The van der Waals surface area contributed by atoms with Crippen LogP contribution in [0.4, 0.5) is 0 Å². The maximum absolute atomic E-state index is 5.19. The molecule has 0 saturated heterocycles. The Morgan fingerprint density at radius 3 is 2.00 bits per heavy atom. The van der Waals surface area contributed by atoms with Gasteiger partial charge in [-0.3, -0.25) is 0 Å². The second-order valence-corrected chi connectivity index (χ2v) is 2.46. The zero-order valence-electron chi connectivity index (χ0n) is 6.13. The Kier molecular flexibility index (Phi) is 4.36. The summed E-state index contributed by atoms with van der Waals surface area (Å²) in [6.07, 6.45) is 3.97. The second kappa shape index (κ2) is 4.53. The van der Waals surface area contributed by atoms with Gasteiger partial charge in [-0.05, 0) is 6.92 Å². The van der Waals surface area contributed by atoms with Crippen molar-refractivity contribution < 1.29 is 4.43 Å². The third-order valence-corrected chi connectivity index (χ3v) is 2.20. The Morgan fingerprint density at radius 1 is 1.44 bits per heavy atom. The summed E-state index contributed by atoms with van der Waals surface area (Å²) in [6, 6.07) is 0. The first-order valence-electron chi connectivity index (χ1n) is 3.04. The minimum Gasteiger partial charge on any atom is -0.424 e. The minimum absolute atomic E-state index is 0.256. The molecule has 0 radical (unpaired) electrons. The zero-order valence-corrected chi connectivity index (χ0v) is 8.13. The Hall–Kier alpha value is -0.343. The third-order valence-electron chi connectivity index (χ3n) is 1.46. The summed E-state index contributed by atoms with van der Waals surface area (Å²) < 4.78 is 5.19.